The van der Waals surface area contributed by atoms with Crippen LogP contribution in [0.3, 0.4) is 0 Å². The Hall–Kier alpha value is -1.82. The number of benzene rings is 1. The minimum atomic E-state index is -0.188. The molecule has 5 nitrogen and oxygen atoms in total. The number of nitrogens with zero attached hydrogens (tertiary/aromatic N) is 2. The monoisotopic (exact) mass is 236 g/mol. The molecule has 1 aromatic carbocycles. The van der Waals surface area contributed by atoms with Crippen LogP contribution in [0.25, 0.3) is 10.2 Å². The largest absolute Gasteiger partial charge is 0.399 e. The van der Waals surface area contributed by atoms with Crippen molar-refractivity contribution in [3.8, 4) is 0 Å². The third kappa shape index (κ3) is 1.79. The Morgan fingerprint density at radius 3 is 3.00 bits per heavy atom. The van der Waals surface area contributed by atoms with Crippen molar-refractivity contribution in [2.24, 2.45) is 0 Å². The zero-order chi connectivity index (χ0) is 11.7. The van der Waals surface area contributed by atoms with Gasteiger partial charge >= 0.3 is 6.03 Å². The Morgan fingerprint density at radius 1 is 1.56 bits per heavy atom. The third-order valence-electron chi connectivity index (χ3n) is 2.21. The molecule has 0 bridgehead atoms. The van der Waals surface area contributed by atoms with Gasteiger partial charge in [0.05, 0.1) is 10.2 Å². The van der Waals surface area contributed by atoms with Gasteiger partial charge in [-0.1, -0.05) is 11.3 Å². The summed E-state index contributed by atoms with van der Waals surface area (Å²) < 4.78 is 0.978. The van der Waals surface area contributed by atoms with Crippen molar-refractivity contribution in [2.45, 2.75) is 0 Å². The molecule has 0 unspecified atom stereocenters. The molecule has 3 N–H and O–H groups in total. The molecule has 6 heteroatoms. The number of carbonyl (C=O) groups is 1. The van der Waals surface area contributed by atoms with E-state index in [-0.39, 0.29) is 6.03 Å². The first-order valence-electron chi connectivity index (χ1n) is 4.73. The number of carbonyl (C=O) groups excluding carboxylic acids is 1. The second-order valence-electron chi connectivity index (χ2n) is 3.34. The summed E-state index contributed by atoms with van der Waals surface area (Å²) in [6.07, 6.45) is 0. The van der Waals surface area contributed by atoms with Gasteiger partial charge in [0, 0.05) is 19.8 Å². The molecule has 2 aromatic rings. The number of nitrogens with one attached hydrogen (secondary N) is 1. The van der Waals surface area contributed by atoms with Gasteiger partial charge in [-0.3, -0.25) is 4.90 Å². The molecule has 1 aromatic heterocycles. The van der Waals surface area contributed by atoms with E-state index in [0.29, 0.717) is 10.8 Å². The van der Waals surface area contributed by atoms with Crippen LogP contribution in [0.4, 0.5) is 15.6 Å². The second-order valence-corrected chi connectivity index (χ2v) is 4.35. The van der Waals surface area contributed by atoms with Gasteiger partial charge < -0.3 is 11.1 Å². The molecule has 2 rings (SSSR count). The molecule has 0 aliphatic heterocycles. The van der Waals surface area contributed by atoms with Gasteiger partial charge in [0.1, 0.15) is 0 Å². The van der Waals surface area contributed by atoms with Crippen molar-refractivity contribution in [2.75, 3.05) is 24.7 Å². The average molecular weight is 236 g/mol. The summed E-state index contributed by atoms with van der Waals surface area (Å²) in [5.74, 6) is 0. The molecule has 16 heavy (non-hydrogen) atoms. The lowest BCUT2D eigenvalue weighted by Crippen LogP contribution is -2.34. The van der Waals surface area contributed by atoms with Gasteiger partial charge in [0.25, 0.3) is 0 Å². The Balaban J connectivity index is 2.43. The summed E-state index contributed by atoms with van der Waals surface area (Å²) in [7, 11) is 3.27. The lowest BCUT2D eigenvalue weighted by molar-refractivity contribution is 0.249. The summed E-state index contributed by atoms with van der Waals surface area (Å²) in [4.78, 5) is 17.2. The van der Waals surface area contributed by atoms with Crippen LogP contribution in [0.15, 0.2) is 18.2 Å². The van der Waals surface area contributed by atoms with E-state index in [2.05, 4.69) is 10.3 Å². The van der Waals surface area contributed by atoms with Crippen molar-refractivity contribution in [1.82, 2.24) is 10.3 Å². The maximum atomic E-state index is 11.4. The number of anilines is 2. The first kappa shape index (κ1) is 10.7. The molecular formula is C10H12N4OS. The smallest absolute Gasteiger partial charge is 0.323 e. The standard InChI is InChI=1S/C10H12N4OS/c1-12-9(15)14(2)10-13-7-4-3-6(11)5-8(7)16-10/h3-5H,11H2,1-2H3,(H,12,15). The van der Waals surface area contributed by atoms with Crippen LogP contribution in [0.1, 0.15) is 0 Å². The summed E-state index contributed by atoms with van der Waals surface area (Å²) in [5.41, 5.74) is 7.23. The molecule has 84 valence electrons. The summed E-state index contributed by atoms with van der Waals surface area (Å²) in [6.45, 7) is 0. The molecule has 0 atom stereocenters. The Labute approximate surface area is 96.9 Å². The number of nitrogens with two attached hydrogens (primary N) is 1. The van der Waals surface area contributed by atoms with E-state index in [9.17, 15) is 4.79 Å². The Kier molecular flexibility index (Phi) is 2.66. The molecule has 1 heterocycles. The van der Waals surface area contributed by atoms with Crippen LogP contribution < -0.4 is 16.0 Å². The number of rotatable bonds is 1. The topological polar surface area (TPSA) is 71.2 Å². The van der Waals surface area contributed by atoms with Crippen LogP contribution >= 0.6 is 11.3 Å². The fourth-order valence-corrected chi connectivity index (χ4v) is 2.30. The minimum absolute atomic E-state index is 0.188. The number of aromatic nitrogens is 1. The van der Waals surface area contributed by atoms with Crippen molar-refractivity contribution in [3.05, 3.63) is 18.2 Å². The zero-order valence-electron chi connectivity index (χ0n) is 9.02. The second kappa shape index (κ2) is 3.97. The van der Waals surface area contributed by atoms with Gasteiger partial charge in [-0.25, -0.2) is 9.78 Å². The number of hydrogen-bond acceptors (Lipinski definition) is 4. The number of thiazole rings is 1. The molecular weight excluding hydrogens is 224 g/mol. The molecule has 0 aliphatic carbocycles. The fourth-order valence-electron chi connectivity index (χ4n) is 1.33. The number of fused-ring (bicyclic) bond motifs is 1. The lowest BCUT2D eigenvalue weighted by Gasteiger charge is -2.11. The average Bonchev–Trinajstić information content (AvgIpc) is 2.69. The van der Waals surface area contributed by atoms with Crippen LogP contribution in [-0.2, 0) is 0 Å². The van der Waals surface area contributed by atoms with Crippen LogP contribution in [0, 0.1) is 0 Å². The number of nitrogen functional groups attached to an aromatic ring is 1. The molecule has 0 aliphatic rings. The highest BCUT2D eigenvalue weighted by Gasteiger charge is 2.13. The first-order chi connectivity index (χ1) is 7.61. The summed E-state index contributed by atoms with van der Waals surface area (Å²) in [6, 6.07) is 5.31. The van der Waals surface area contributed by atoms with Crippen LogP contribution in [0.5, 0.6) is 0 Å². The zero-order valence-corrected chi connectivity index (χ0v) is 9.84. The van der Waals surface area contributed by atoms with Crippen LogP contribution in [0.2, 0.25) is 0 Å². The summed E-state index contributed by atoms with van der Waals surface area (Å²) >= 11 is 1.44. The predicted molar refractivity (Wildman–Crippen MR) is 66.9 cm³/mol. The van der Waals surface area contributed by atoms with Crippen molar-refractivity contribution in [1.29, 1.82) is 0 Å². The van der Waals surface area contributed by atoms with E-state index < -0.39 is 0 Å². The van der Waals surface area contributed by atoms with Crippen molar-refractivity contribution >= 4 is 38.4 Å². The van der Waals surface area contributed by atoms with Gasteiger partial charge in [-0.15, -0.1) is 0 Å². The normalized spacial score (nSPS) is 10.4. The van der Waals surface area contributed by atoms with E-state index in [1.165, 1.54) is 16.2 Å². The molecule has 0 spiro atoms. The quantitative estimate of drug-likeness (QED) is 0.740. The van der Waals surface area contributed by atoms with E-state index in [4.69, 9.17) is 5.73 Å². The van der Waals surface area contributed by atoms with Crippen molar-refractivity contribution in [3.63, 3.8) is 0 Å². The maximum absolute atomic E-state index is 11.4. The van der Waals surface area contributed by atoms with Gasteiger partial charge in [-0.05, 0) is 18.2 Å². The Bertz CT molecular complexity index is 537. The predicted octanol–water partition coefficient (Wildman–Crippen LogP) is 1.65. The number of hydrogen-bond donors (Lipinski definition) is 2. The molecule has 2 amide bonds. The van der Waals surface area contributed by atoms with E-state index in [0.717, 1.165) is 10.2 Å². The fraction of sp³-hybridized carbons (Fsp3) is 0.200. The molecule has 0 radical (unpaired) electrons. The highest BCUT2D eigenvalue weighted by atomic mass is 32.1. The van der Waals surface area contributed by atoms with Gasteiger partial charge in [0.2, 0.25) is 0 Å². The lowest BCUT2D eigenvalue weighted by atomic mass is 10.3. The van der Waals surface area contributed by atoms with Gasteiger partial charge in [-0.2, -0.15) is 0 Å². The summed E-state index contributed by atoms with van der Waals surface area (Å²) in [5, 5.41) is 3.20. The van der Waals surface area contributed by atoms with Gasteiger partial charge in [0.15, 0.2) is 5.13 Å². The van der Waals surface area contributed by atoms with E-state index in [1.54, 1.807) is 20.2 Å². The molecule has 0 saturated carbocycles. The number of amides is 2. The first-order valence-corrected chi connectivity index (χ1v) is 5.55. The highest BCUT2D eigenvalue weighted by Crippen LogP contribution is 2.29. The molecule has 0 fully saturated rings. The van der Waals surface area contributed by atoms with E-state index >= 15 is 0 Å². The SMILES string of the molecule is CNC(=O)N(C)c1nc2ccc(N)cc2s1. The molecule has 0 saturated heterocycles. The van der Waals surface area contributed by atoms with Crippen LogP contribution in [-0.4, -0.2) is 25.1 Å². The Morgan fingerprint density at radius 2 is 2.31 bits per heavy atom. The van der Waals surface area contributed by atoms with E-state index in [1.807, 2.05) is 12.1 Å². The number of urea groups is 1. The van der Waals surface area contributed by atoms with Crippen molar-refractivity contribution < 1.29 is 4.79 Å². The minimum Gasteiger partial charge on any atom is -0.399 e. The highest BCUT2D eigenvalue weighted by molar-refractivity contribution is 7.22. The maximum Gasteiger partial charge on any atom is 0.323 e. The third-order valence-corrected chi connectivity index (χ3v) is 3.30.